The number of aliphatic carboxylic acids is 2. The summed E-state index contributed by atoms with van der Waals surface area (Å²) < 4.78 is 13.4. The van der Waals surface area contributed by atoms with Crippen molar-refractivity contribution >= 4 is 53.0 Å². The summed E-state index contributed by atoms with van der Waals surface area (Å²) in [6.07, 6.45) is 7.67. The molecule has 6 saturated carbocycles. The van der Waals surface area contributed by atoms with Crippen molar-refractivity contribution in [3.63, 3.8) is 0 Å². The number of allylic oxidation sites excluding steroid dienone is 4. The third-order valence-electron chi connectivity index (χ3n) is 15.7. The van der Waals surface area contributed by atoms with Crippen LogP contribution in [0.5, 0.6) is 0 Å². The lowest BCUT2D eigenvalue weighted by Gasteiger charge is -2.71. The number of ether oxygens (including phenoxy) is 2. The second kappa shape index (κ2) is 17.1. The Morgan fingerprint density at radius 1 is 1.03 bits per heavy atom. The van der Waals surface area contributed by atoms with E-state index in [-0.39, 0.29) is 59.7 Å². The highest BCUT2D eigenvalue weighted by molar-refractivity contribution is 8.00. The number of thioether (sulfide) groups is 1. The molecule has 346 valence electrons. The van der Waals surface area contributed by atoms with Crippen LogP contribution in [-0.2, 0) is 49.5 Å². The molecule has 1 aromatic carbocycles. The lowest BCUT2D eigenvalue weighted by Crippen LogP contribution is -2.76. The number of amides is 3. The monoisotopic (exact) mass is 906 g/mol. The number of carboxylic acid groups (broad SMARTS) is 2. The Hall–Kier alpha value is -4.46. The molecule has 0 radical (unpaired) electrons. The first-order valence-corrected chi connectivity index (χ1v) is 23.3. The quantitative estimate of drug-likeness (QED) is 0.104. The van der Waals surface area contributed by atoms with Crippen molar-refractivity contribution in [3.05, 3.63) is 59.2 Å². The first-order chi connectivity index (χ1) is 30.3. The van der Waals surface area contributed by atoms with E-state index in [2.05, 4.69) is 22.9 Å². The molecule has 1 aromatic rings. The molecule has 1 saturated heterocycles. The summed E-state index contributed by atoms with van der Waals surface area (Å²) in [4.78, 5) is 86.6. The minimum Gasteiger partial charge on any atom is -0.481 e. The van der Waals surface area contributed by atoms with Crippen molar-refractivity contribution in [2.45, 2.75) is 120 Å². The number of Topliss-reactive ketones (excluding diaryl/α,β-unsaturated/α-hetero) is 1. The molecular formula is C46H58N4O13S. The molecule has 1 heterocycles. The van der Waals surface area contributed by atoms with Gasteiger partial charge in [0, 0.05) is 40.0 Å². The van der Waals surface area contributed by atoms with Crippen LogP contribution in [0.25, 0.3) is 0 Å². The predicted octanol–water partition coefficient (Wildman–Crippen LogP) is 1.48. The number of carbonyl (C=O) groups is 7. The van der Waals surface area contributed by atoms with Crippen LogP contribution in [0.15, 0.2) is 48.1 Å². The number of ketones is 2. The van der Waals surface area contributed by atoms with Gasteiger partial charge < -0.3 is 51.6 Å². The Morgan fingerprint density at radius 3 is 2.42 bits per heavy atom. The van der Waals surface area contributed by atoms with Gasteiger partial charge in [-0.15, -0.1) is 11.8 Å². The molecule has 7 fully saturated rings. The molecule has 7 aliphatic carbocycles. The Balaban J connectivity index is 0.854. The number of benzene rings is 1. The number of rotatable bonds is 18. The number of hydrogen-bond acceptors (Lipinski definition) is 13. The second-order valence-corrected chi connectivity index (χ2v) is 20.9. The maximum absolute atomic E-state index is 14.0. The van der Waals surface area contributed by atoms with Crippen LogP contribution in [-0.4, -0.2) is 122 Å². The van der Waals surface area contributed by atoms with E-state index in [1.807, 2.05) is 37.3 Å². The van der Waals surface area contributed by atoms with Gasteiger partial charge in [-0.1, -0.05) is 49.8 Å². The number of nitrogens with two attached hydrogens (primary N) is 1. The molecule has 3 amide bonds. The highest BCUT2D eigenvalue weighted by Crippen LogP contribution is 2.71. The van der Waals surface area contributed by atoms with Gasteiger partial charge in [-0.2, -0.15) is 0 Å². The number of hydrogen-bond donors (Lipinski definition) is 8. The molecule has 2 bridgehead atoms. The number of carboxylic acids is 2. The SMILES string of the molecule is C[C@]12C=CC(=O)C=C1CC[C@@H]1[C@@H]2[C@@H](O)C[C@@]2(C)[C@H]1C[C@H]1O[C@@H](c3ccc(CC45CC(NC(=O)[C@H](CCC(=O)O)NC(=O)CNC(=O)CSC[C@H](N)C(=O)O)(C4)C5)cc3)O[C@]12C(=O)CO. The fourth-order valence-corrected chi connectivity index (χ4v) is 13.9. The van der Waals surface area contributed by atoms with E-state index in [1.165, 1.54) is 0 Å². The van der Waals surface area contributed by atoms with Crippen LogP contribution in [0.2, 0.25) is 0 Å². The van der Waals surface area contributed by atoms with Gasteiger partial charge >= 0.3 is 11.9 Å². The summed E-state index contributed by atoms with van der Waals surface area (Å²) in [6, 6.07) is 5.57. The average Bonchev–Trinajstić information content (AvgIpc) is 3.72. The number of nitrogens with one attached hydrogen (secondary N) is 3. The van der Waals surface area contributed by atoms with E-state index in [1.54, 1.807) is 12.2 Å². The van der Waals surface area contributed by atoms with Gasteiger partial charge in [0.1, 0.15) is 18.7 Å². The minimum absolute atomic E-state index is 0.00427. The zero-order chi connectivity index (χ0) is 46.0. The standard InChI is InChI=1S/C46H58N4O13S/c1-42-12-11-27(52)13-26(42)7-8-28-29-14-34-46(33(54)18-51,43(29,2)16-32(53)38(28)42)63-41(62-34)25-5-3-24(4-6-25)15-44-21-45(22-44,23-44)50-39(59)31(9-10-37(57)58)49-35(55)17-48-36(56)20-64-19-30(47)40(60)61/h3-6,11-13,28-32,34,38,41,51,53H,7-10,14-23,47H2,1-2H3,(H,48,56)(H,49,55)(H,50,59)(H,57,58)(H,60,61)/t28-,29-,30-,31-,32-,34+,38+,41+,42-,43-,44?,45?,46+/m0/s1. The Kier molecular flexibility index (Phi) is 12.3. The molecule has 17 nitrogen and oxygen atoms in total. The van der Waals surface area contributed by atoms with Gasteiger partial charge in [0.25, 0.3) is 0 Å². The molecule has 9 rings (SSSR count). The Morgan fingerprint density at radius 2 is 1.75 bits per heavy atom. The van der Waals surface area contributed by atoms with Crippen molar-refractivity contribution in [2.75, 3.05) is 24.7 Å². The van der Waals surface area contributed by atoms with Crippen LogP contribution in [0.1, 0.15) is 89.1 Å². The highest BCUT2D eigenvalue weighted by Gasteiger charge is 2.76. The van der Waals surface area contributed by atoms with Gasteiger partial charge in [0.05, 0.1) is 24.5 Å². The zero-order valence-corrected chi connectivity index (χ0v) is 36.8. The van der Waals surface area contributed by atoms with Gasteiger partial charge in [-0.3, -0.25) is 33.6 Å². The van der Waals surface area contributed by atoms with E-state index in [9.17, 15) is 48.9 Å². The van der Waals surface area contributed by atoms with Crippen LogP contribution in [0.3, 0.4) is 0 Å². The van der Waals surface area contributed by atoms with Gasteiger partial charge in [-0.25, -0.2) is 0 Å². The number of aliphatic hydroxyl groups excluding tert-OH is 2. The molecule has 1 aliphatic heterocycles. The molecule has 8 aliphatic rings. The number of fused-ring (bicyclic) bond motifs is 7. The van der Waals surface area contributed by atoms with E-state index in [0.29, 0.717) is 25.7 Å². The zero-order valence-electron chi connectivity index (χ0n) is 36.0. The highest BCUT2D eigenvalue weighted by atomic mass is 32.2. The van der Waals surface area contributed by atoms with E-state index in [4.69, 9.17) is 20.3 Å². The summed E-state index contributed by atoms with van der Waals surface area (Å²) in [7, 11) is 0. The van der Waals surface area contributed by atoms with Crippen LogP contribution < -0.4 is 21.7 Å². The van der Waals surface area contributed by atoms with Crippen molar-refractivity contribution in [1.82, 2.24) is 16.0 Å². The van der Waals surface area contributed by atoms with E-state index in [0.717, 1.165) is 47.7 Å². The average molecular weight is 907 g/mol. The van der Waals surface area contributed by atoms with Gasteiger partial charge in [-0.05, 0) is 92.8 Å². The molecule has 18 heteroatoms. The molecule has 0 unspecified atom stereocenters. The Labute approximate surface area is 374 Å². The lowest BCUT2D eigenvalue weighted by atomic mass is 9.38. The second-order valence-electron chi connectivity index (χ2n) is 19.8. The summed E-state index contributed by atoms with van der Waals surface area (Å²) >= 11 is 0.996. The molecule has 9 N–H and O–H groups in total. The van der Waals surface area contributed by atoms with Gasteiger partial charge in [0.15, 0.2) is 23.5 Å². The van der Waals surface area contributed by atoms with Crippen molar-refractivity contribution in [3.8, 4) is 0 Å². The van der Waals surface area contributed by atoms with Crippen molar-refractivity contribution in [1.29, 1.82) is 0 Å². The predicted molar refractivity (Wildman–Crippen MR) is 229 cm³/mol. The maximum Gasteiger partial charge on any atom is 0.321 e. The number of aliphatic hydroxyl groups is 2. The van der Waals surface area contributed by atoms with Gasteiger partial charge in [0.2, 0.25) is 17.7 Å². The molecule has 0 spiro atoms. The molecule has 11 atom stereocenters. The first-order valence-electron chi connectivity index (χ1n) is 22.1. The first kappa shape index (κ1) is 46.1. The molecular weight excluding hydrogens is 849 g/mol. The third kappa shape index (κ3) is 8.01. The summed E-state index contributed by atoms with van der Waals surface area (Å²) in [5.41, 5.74) is 5.02. The Bertz CT molecular complexity index is 2160. The minimum atomic E-state index is -1.45. The van der Waals surface area contributed by atoms with Crippen molar-refractivity contribution < 1.29 is 63.5 Å². The van der Waals surface area contributed by atoms with Crippen LogP contribution in [0.4, 0.5) is 0 Å². The van der Waals surface area contributed by atoms with Crippen LogP contribution >= 0.6 is 11.8 Å². The van der Waals surface area contributed by atoms with Crippen LogP contribution in [0, 0.1) is 34.0 Å². The third-order valence-corrected chi connectivity index (χ3v) is 16.8. The maximum atomic E-state index is 14.0. The molecule has 0 aromatic heterocycles. The summed E-state index contributed by atoms with van der Waals surface area (Å²) in [5, 5.41) is 48.4. The van der Waals surface area contributed by atoms with E-state index < -0.39 is 101 Å². The lowest BCUT2D eigenvalue weighted by molar-refractivity contribution is -0.201. The topological polar surface area (TPSA) is 281 Å². The fourth-order valence-electron chi connectivity index (χ4n) is 13.1. The van der Waals surface area contributed by atoms with Crippen molar-refractivity contribution in [2.24, 2.45) is 39.7 Å². The molecule has 64 heavy (non-hydrogen) atoms. The summed E-state index contributed by atoms with van der Waals surface area (Å²) in [6.45, 7) is 2.93. The largest absolute Gasteiger partial charge is 0.481 e. The summed E-state index contributed by atoms with van der Waals surface area (Å²) in [5.74, 6) is -4.74. The van der Waals surface area contributed by atoms with E-state index >= 15 is 0 Å². The number of carbonyl (C=O) groups excluding carboxylic acids is 5. The fraction of sp³-hybridized carbons (Fsp3) is 0.630. The normalized spacial score (nSPS) is 37.2. The smallest absolute Gasteiger partial charge is 0.321 e.